The fourth-order valence-corrected chi connectivity index (χ4v) is 4.87. The van der Waals surface area contributed by atoms with Crippen molar-refractivity contribution in [3.63, 3.8) is 0 Å². The van der Waals surface area contributed by atoms with Crippen LogP contribution in [0.25, 0.3) is 0 Å². The molecule has 32 heavy (non-hydrogen) atoms. The van der Waals surface area contributed by atoms with E-state index in [2.05, 4.69) is 18.3 Å². The molecule has 174 valence electrons. The first-order valence-corrected chi connectivity index (χ1v) is 12.9. The molecule has 7 heteroatoms. The molecule has 0 aliphatic rings. The zero-order valence-electron chi connectivity index (χ0n) is 19.0. The van der Waals surface area contributed by atoms with Crippen LogP contribution in [0, 0.1) is 6.92 Å². The Balaban J connectivity index is 2.12. The number of unbranched alkanes of at least 4 members (excludes halogenated alkanes) is 1. The van der Waals surface area contributed by atoms with Gasteiger partial charge in [0, 0.05) is 28.9 Å². The molecule has 0 saturated heterocycles. The highest BCUT2D eigenvalue weighted by molar-refractivity contribution is 7.99. The summed E-state index contributed by atoms with van der Waals surface area (Å²) in [6.45, 7) is 7.09. The van der Waals surface area contributed by atoms with Crippen molar-refractivity contribution in [3.8, 4) is 0 Å². The first kappa shape index (κ1) is 26.6. The molecule has 2 amide bonds. The van der Waals surface area contributed by atoms with E-state index >= 15 is 0 Å². The topological polar surface area (TPSA) is 49.4 Å². The Morgan fingerprint density at radius 2 is 1.91 bits per heavy atom. The zero-order valence-corrected chi connectivity index (χ0v) is 21.3. The van der Waals surface area contributed by atoms with Gasteiger partial charge in [0.1, 0.15) is 6.04 Å². The number of hydrogen-bond donors (Lipinski definition) is 1. The molecule has 0 aliphatic heterocycles. The van der Waals surface area contributed by atoms with Gasteiger partial charge >= 0.3 is 0 Å². The lowest BCUT2D eigenvalue weighted by atomic mass is 10.1. The number of nitrogens with one attached hydrogen (secondary N) is 1. The lowest BCUT2D eigenvalue weighted by molar-refractivity contribution is -0.139. The van der Waals surface area contributed by atoms with Crippen LogP contribution in [0.2, 0.25) is 10.0 Å². The van der Waals surface area contributed by atoms with E-state index < -0.39 is 6.04 Å². The van der Waals surface area contributed by atoms with E-state index in [0.29, 0.717) is 35.3 Å². The number of aryl methyl sites for hydroxylation is 1. The fraction of sp³-hybridized carbons (Fsp3) is 0.440. The van der Waals surface area contributed by atoms with Crippen LogP contribution in [0.15, 0.2) is 42.5 Å². The summed E-state index contributed by atoms with van der Waals surface area (Å²) in [4.78, 5) is 27.9. The minimum absolute atomic E-state index is 0.0564. The van der Waals surface area contributed by atoms with Crippen molar-refractivity contribution >= 4 is 46.8 Å². The highest BCUT2D eigenvalue weighted by Gasteiger charge is 2.28. The van der Waals surface area contributed by atoms with Gasteiger partial charge in [0.15, 0.2) is 0 Å². The van der Waals surface area contributed by atoms with Crippen molar-refractivity contribution < 1.29 is 9.59 Å². The molecular formula is C25H32Cl2N2O2S. The minimum Gasteiger partial charge on any atom is -0.354 e. The fourth-order valence-electron chi connectivity index (χ4n) is 3.40. The maximum absolute atomic E-state index is 13.3. The monoisotopic (exact) mass is 494 g/mol. The third-order valence-corrected chi connectivity index (χ3v) is 6.70. The third-order valence-electron chi connectivity index (χ3n) is 5.15. The van der Waals surface area contributed by atoms with E-state index in [0.717, 1.165) is 29.5 Å². The van der Waals surface area contributed by atoms with Gasteiger partial charge in [-0.05, 0) is 43.0 Å². The number of thioether (sulfide) groups is 1. The molecule has 0 bridgehead atoms. The van der Waals surface area contributed by atoms with Gasteiger partial charge in [-0.15, -0.1) is 11.8 Å². The Hall–Kier alpha value is -1.69. The second kappa shape index (κ2) is 13.8. The molecular weight excluding hydrogens is 463 g/mol. The SMILES string of the molecule is CCCCNC(=O)[C@@H](CC)N(Cc1cccc(C)c1)C(=O)CSCc1ccc(Cl)cc1Cl. The predicted molar refractivity (Wildman–Crippen MR) is 136 cm³/mol. The Morgan fingerprint density at radius 3 is 2.56 bits per heavy atom. The molecule has 0 saturated carbocycles. The van der Waals surface area contributed by atoms with Crippen LogP contribution in [0.5, 0.6) is 0 Å². The predicted octanol–water partition coefficient (Wildman–Crippen LogP) is 6.26. The molecule has 0 aromatic heterocycles. The van der Waals surface area contributed by atoms with Crippen LogP contribution in [0.1, 0.15) is 49.8 Å². The van der Waals surface area contributed by atoms with Crippen molar-refractivity contribution in [2.75, 3.05) is 12.3 Å². The van der Waals surface area contributed by atoms with Crippen LogP contribution >= 0.6 is 35.0 Å². The molecule has 0 spiro atoms. The van der Waals surface area contributed by atoms with E-state index in [1.807, 2.05) is 38.1 Å². The van der Waals surface area contributed by atoms with E-state index in [-0.39, 0.29) is 17.6 Å². The molecule has 2 aromatic rings. The molecule has 1 N–H and O–H groups in total. The average Bonchev–Trinajstić information content (AvgIpc) is 2.75. The second-order valence-corrected chi connectivity index (χ2v) is 9.64. The first-order chi connectivity index (χ1) is 15.3. The summed E-state index contributed by atoms with van der Waals surface area (Å²) in [5.41, 5.74) is 3.08. The number of amides is 2. The summed E-state index contributed by atoms with van der Waals surface area (Å²) >= 11 is 13.7. The van der Waals surface area contributed by atoms with E-state index in [9.17, 15) is 9.59 Å². The minimum atomic E-state index is -0.500. The van der Waals surface area contributed by atoms with Crippen molar-refractivity contribution in [1.29, 1.82) is 0 Å². The van der Waals surface area contributed by atoms with Gasteiger partial charge in [-0.2, -0.15) is 0 Å². The van der Waals surface area contributed by atoms with E-state index in [1.165, 1.54) is 11.8 Å². The van der Waals surface area contributed by atoms with Crippen molar-refractivity contribution in [2.45, 2.75) is 58.4 Å². The van der Waals surface area contributed by atoms with Crippen LogP contribution in [-0.4, -0.2) is 35.1 Å². The Bertz CT molecular complexity index is 907. The zero-order chi connectivity index (χ0) is 23.5. The quantitative estimate of drug-likeness (QED) is 0.354. The summed E-state index contributed by atoms with van der Waals surface area (Å²) in [5, 5.41) is 4.17. The molecule has 0 heterocycles. The lowest BCUT2D eigenvalue weighted by Gasteiger charge is -2.30. The maximum Gasteiger partial charge on any atom is 0.242 e. The van der Waals surface area contributed by atoms with Crippen LogP contribution in [0.4, 0.5) is 0 Å². The number of nitrogens with zero attached hydrogens (tertiary/aromatic N) is 1. The van der Waals surface area contributed by atoms with Gasteiger partial charge < -0.3 is 10.2 Å². The highest BCUT2D eigenvalue weighted by atomic mass is 35.5. The van der Waals surface area contributed by atoms with Gasteiger partial charge in [0.25, 0.3) is 0 Å². The lowest BCUT2D eigenvalue weighted by Crippen LogP contribution is -2.49. The van der Waals surface area contributed by atoms with Crippen LogP contribution in [-0.2, 0) is 21.9 Å². The number of carbonyl (C=O) groups is 2. The molecule has 1 atom stereocenters. The van der Waals surface area contributed by atoms with E-state index in [1.54, 1.807) is 17.0 Å². The van der Waals surface area contributed by atoms with Crippen LogP contribution in [0.3, 0.4) is 0 Å². The summed E-state index contributed by atoms with van der Waals surface area (Å²) in [6, 6.07) is 12.9. The van der Waals surface area contributed by atoms with Crippen molar-refractivity contribution in [3.05, 3.63) is 69.2 Å². The van der Waals surface area contributed by atoms with Crippen molar-refractivity contribution in [2.24, 2.45) is 0 Å². The van der Waals surface area contributed by atoms with Gasteiger partial charge in [-0.25, -0.2) is 0 Å². The Morgan fingerprint density at radius 1 is 1.12 bits per heavy atom. The highest BCUT2D eigenvalue weighted by Crippen LogP contribution is 2.25. The number of halogens is 2. The first-order valence-electron chi connectivity index (χ1n) is 11.0. The maximum atomic E-state index is 13.3. The van der Waals surface area contributed by atoms with E-state index in [4.69, 9.17) is 23.2 Å². The summed E-state index contributed by atoms with van der Waals surface area (Å²) in [5.74, 6) is 0.718. The molecule has 2 rings (SSSR count). The third kappa shape index (κ3) is 8.34. The number of carbonyl (C=O) groups excluding carboxylic acids is 2. The van der Waals surface area contributed by atoms with Crippen LogP contribution < -0.4 is 5.32 Å². The Labute approximate surface area is 206 Å². The number of hydrogen-bond acceptors (Lipinski definition) is 3. The molecule has 0 aliphatic carbocycles. The average molecular weight is 496 g/mol. The second-order valence-electron chi connectivity index (χ2n) is 7.81. The summed E-state index contributed by atoms with van der Waals surface area (Å²) in [6.07, 6.45) is 2.49. The molecule has 0 unspecified atom stereocenters. The molecule has 2 aromatic carbocycles. The van der Waals surface area contributed by atoms with Gasteiger partial charge in [0.2, 0.25) is 11.8 Å². The molecule has 0 radical (unpaired) electrons. The summed E-state index contributed by atoms with van der Waals surface area (Å²) in [7, 11) is 0. The standard InChI is InChI=1S/C25H32Cl2N2O2S/c1-4-6-12-28-25(31)23(5-2)29(15-19-9-7-8-18(3)13-19)24(30)17-32-16-20-10-11-21(26)14-22(20)27/h7-11,13-14,23H,4-6,12,15-17H2,1-3H3,(H,28,31)/t23-/m1/s1. The summed E-state index contributed by atoms with van der Waals surface area (Å²) < 4.78 is 0. The number of benzene rings is 2. The van der Waals surface area contributed by atoms with Gasteiger partial charge in [0.05, 0.1) is 5.75 Å². The van der Waals surface area contributed by atoms with Gasteiger partial charge in [-0.1, -0.05) is 79.4 Å². The Kier molecular flexibility index (Phi) is 11.4. The molecule has 0 fully saturated rings. The normalized spacial score (nSPS) is 11.8. The smallest absolute Gasteiger partial charge is 0.242 e. The largest absolute Gasteiger partial charge is 0.354 e. The molecule has 4 nitrogen and oxygen atoms in total. The van der Waals surface area contributed by atoms with Crippen molar-refractivity contribution in [1.82, 2.24) is 10.2 Å². The van der Waals surface area contributed by atoms with Gasteiger partial charge in [-0.3, -0.25) is 9.59 Å². The number of rotatable bonds is 12.